The zero-order valence-corrected chi connectivity index (χ0v) is 16.0. The van der Waals surface area contributed by atoms with Crippen molar-refractivity contribution >= 4 is 29.6 Å². The van der Waals surface area contributed by atoms with Gasteiger partial charge >= 0.3 is 11.9 Å². The van der Waals surface area contributed by atoms with Crippen molar-refractivity contribution in [2.24, 2.45) is 0 Å². The zero-order valence-electron chi connectivity index (χ0n) is 15.2. The highest BCUT2D eigenvalue weighted by Crippen LogP contribution is 2.25. The Morgan fingerprint density at radius 2 is 1.90 bits per heavy atom. The van der Waals surface area contributed by atoms with E-state index in [0.29, 0.717) is 5.02 Å². The molecule has 2 saturated heterocycles. The number of rotatable bonds is 6. The number of benzene rings is 1. The number of aliphatic hydroxyl groups is 3. The molecule has 2 fully saturated rings. The third-order valence-corrected chi connectivity index (χ3v) is 4.74. The molecule has 3 rings (SSSR count). The molecular weight excluding hydrogens is 408 g/mol. The standard InChI is InChI=1S/C19H21ClO9/c20-11-4-1-10(2-5-11)3-6-14(21)27-9-13-16(23)17(24)18(25)19(29-13)28-12-7-15(22)26-8-12/h1-6,12-13,16-19,23-25H,7-9H2/b6-3+/t12-,13-,16-,17+,18-,19-/m1/s1. The normalized spacial score (nSPS) is 32.3. The van der Waals surface area contributed by atoms with E-state index in [9.17, 15) is 24.9 Å². The smallest absolute Gasteiger partial charge is 0.330 e. The minimum Gasteiger partial charge on any atom is -0.463 e. The summed E-state index contributed by atoms with van der Waals surface area (Å²) in [4.78, 5) is 23.1. The molecule has 0 amide bonds. The van der Waals surface area contributed by atoms with Gasteiger partial charge in [0.05, 0.1) is 6.42 Å². The molecule has 2 aliphatic rings. The molecule has 2 heterocycles. The van der Waals surface area contributed by atoms with Gasteiger partial charge in [-0.25, -0.2) is 4.79 Å². The lowest BCUT2D eigenvalue weighted by Crippen LogP contribution is -2.60. The molecule has 0 radical (unpaired) electrons. The van der Waals surface area contributed by atoms with Crippen molar-refractivity contribution < 1.29 is 43.9 Å². The number of halogens is 1. The van der Waals surface area contributed by atoms with Gasteiger partial charge in [-0.05, 0) is 23.8 Å². The highest BCUT2D eigenvalue weighted by molar-refractivity contribution is 6.30. The van der Waals surface area contributed by atoms with E-state index < -0.39 is 48.7 Å². The van der Waals surface area contributed by atoms with Gasteiger partial charge in [0.25, 0.3) is 0 Å². The minimum absolute atomic E-state index is 0.000786. The van der Waals surface area contributed by atoms with Crippen LogP contribution in [0.15, 0.2) is 30.3 Å². The van der Waals surface area contributed by atoms with Crippen LogP contribution < -0.4 is 0 Å². The molecular formula is C19H21ClO9. The SMILES string of the molecule is O=C(/C=C/c1ccc(Cl)cc1)OC[C@H]1O[C@@H](O[C@H]2COC(=O)C2)[C@H](O)[C@@H](O)[C@@H]1O. The summed E-state index contributed by atoms with van der Waals surface area (Å²) in [5, 5.41) is 30.7. The van der Waals surface area contributed by atoms with Crippen molar-refractivity contribution in [3.63, 3.8) is 0 Å². The number of ether oxygens (including phenoxy) is 4. The first-order valence-corrected chi connectivity index (χ1v) is 9.32. The van der Waals surface area contributed by atoms with Gasteiger partial charge < -0.3 is 34.3 Å². The van der Waals surface area contributed by atoms with Crippen LogP contribution in [0.3, 0.4) is 0 Å². The third kappa shape index (κ3) is 5.75. The molecule has 0 bridgehead atoms. The van der Waals surface area contributed by atoms with E-state index >= 15 is 0 Å². The number of cyclic esters (lactones) is 1. The lowest BCUT2D eigenvalue weighted by molar-refractivity contribution is -0.311. The maximum absolute atomic E-state index is 11.9. The highest BCUT2D eigenvalue weighted by atomic mass is 35.5. The Balaban J connectivity index is 1.53. The Morgan fingerprint density at radius 1 is 1.17 bits per heavy atom. The Hall–Kier alpha value is -2.01. The van der Waals surface area contributed by atoms with Crippen molar-refractivity contribution in [2.75, 3.05) is 13.2 Å². The van der Waals surface area contributed by atoms with Gasteiger partial charge in [-0.2, -0.15) is 0 Å². The molecule has 9 nitrogen and oxygen atoms in total. The fourth-order valence-corrected chi connectivity index (χ4v) is 3.01. The molecule has 158 valence electrons. The summed E-state index contributed by atoms with van der Waals surface area (Å²) in [6.07, 6.45) is -5.02. The first-order chi connectivity index (χ1) is 13.8. The molecule has 3 N–H and O–H groups in total. The molecule has 1 aromatic carbocycles. The molecule has 1 aromatic rings. The monoisotopic (exact) mass is 428 g/mol. The van der Waals surface area contributed by atoms with Crippen LogP contribution in [-0.2, 0) is 28.5 Å². The number of hydrogen-bond donors (Lipinski definition) is 3. The Labute approximate surface area is 171 Å². The van der Waals surface area contributed by atoms with E-state index in [1.54, 1.807) is 24.3 Å². The largest absolute Gasteiger partial charge is 0.463 e. The van der Waals surface area contributed by atoms with Crippen LogP contribution in [-0.4, -0.2) is 77.3 Å². The van der Waals surface area contributed by atoms with Crippen molar-refractivity contribution in [1.29, 1.82) is 0 Å². The van der Waals surface area contributed by atoms with Crippen LogP contribution in [0.4, 0.5) is 0 Å². The fraction of sp³-hybridized carbons (Fsp3) is 0.474. The average Bonchev–Trinajstić information content (AvgIpc) is 3.11. The lowest BCUT2D eigenvalue weighted by atomic mass is 9.99. The van der Waals surface area contributed by atoms with Gasteiger partial charge in [-0.15, -0.1) is 0 Å². The topological polar surface area (TPSA) is 132 Å². The second kappa shape index (κ2) is 9.66. The number of hydrogen-bond acceptors (Lipinski definition) is 9. The van der Waals surface area contributed by atoms with E-state index in [4.69, 9.17) is 30.5 Å². The summed E-state index contributed by atoms with van der Waals surface area (Å²) >= 11 is 5.79. The second-order valence-corrected chi connectivity index (χ2v) is 7.11. The molecule has 0 aromatic heterocycles. The van der Waals surface area contributed by atoms with E-state index in [1.165, 1.54) is 12.2 Å². The maximum Gasteiger partial charge on any atom is 0.330 e. The highest BCUT2D eigenvalue weighted by Gasteiger charge is 2.46. The van der Waals surface area contributed by atoms with E-state index in [1.807, 2.05) is 0 Å². The molecule has 0 saturated carbocycles. The van der Waals surface area contributed by atoms with E-state index in [2.05, 4.69) is 0 Å². The number of esters is 2. The number of carbonyl (C=O) groups is 2. The van der Waals surface area contributed by atoms with Crippen LogP contribution in [0.1, 0.15) is 12.0 Å². The first kappa shape index (κ1) is 21.7. The van der Waals surface area contributed by atoms with Gasteiger partial charge in [0.2, 0.25) is 0 Å². The predicted octanol–water partition coefficient (Wildman–Crippen LogP) is 0.0361. The van der Waals surface area contributed by atoms with Crippen LogP contribution >= 0.6 is 11.6 Å². The van der Waals surface area contributed by atoms with Gasteiger partial charge in [-0.3, -0.25) is 4.79 Å². The third-order valence-electron chi connectivity index (χ3n) is 4.49. The molecule has 6 atom stereocenters. The first-order valence-electron chi connectivity index (χ1n) is 8.94. The summed E-state index contributed by atoms with van der Waals surface area (Å²) in [5.41, 5.74) is 0.737. The van der Waals surface area contributed by atoms with E-state index in [-0.39, 0.29) is 19.6 Å². The van der Waals surface area contributed by atoms with Gasteiger partial charge in [0, 0.05) is 11.1 Å². The summed E-state index contributed by atoms with van der Waals surface area (Å²) in [6, 6.07) is 6.79. The summed E-state index contributed by atoms with van der Waals surface area (Å²) < 4.78 is 20.7. The number of aliphatic hydroxyl groups excluding tert-OH is 3. The molecule has 29 heavy (non-hydrogen) atoms. The van der Waals surface area contributed by atoms with Crippen molar-refractivity contribution in [3.05, 3.63) is 40.9 Å². The van der Waals surface area contributed by atoms with Gasteiger partial charge in [0.15, 0.2) is 6.29 Å². The quantitative estimate of drug-likeness (QED) is 0.424. The maximum atomic E-state index is 11.9. The molecule has 0 aliphatic carbocycles. The minimum atomic E-state index is -1.58. The predicted molar refractivity (Wildman–Crippen MR) is 98.6 cm³/mol. The second-order valence-electron chi connectivity index (χ2n) is 6.67. The zero-order chi connectivity index (χ0) is 21.0. The molecule has 0 unspecified atom stereocenters. The summed E-state index contributed by atoms with van der Waals surface area (Å²) in [5.74, 6) is -1.14. The molecule has 2 aliphatic heterocycles. The molecule has 10 heteroatoms. The van der Waals surface area contributed by atoms with Crippen LogP contribution in [0.5, 0.6) is 0 Å². The number of carbonyl (C=O) groups excluding carboxylic acids is 2. The van der Waals surface area contributed by atoms with Gasteiger partial charge in [0.1, 0.15) is 43.7 Å². The average molecular weight is 429 g/mol. The van der Waals surface area contributed by atoms with Crippen LogP contribution in [0, 0.1) is 0 Å². The fourth-order valence-electron chi connectivity index (χ4n) is 2.88. The van der Waals surface area contributed by atoms with Crippen molar-refractivity contribution in [2.45, 2.75) is 43.2 Å². The summed E-state index contributed by atoms with van der Waals surface area (Å²) in [7, 11) is 0. The molecule has 0 spiro atoms. The van der Waals surface area contributed by atoms with Crippen LogP contribution in [0.25, 0.3) is 6.08 Å². The van der Waals surface area contributed by atoms with Crippen LogP contribution in [0.2, 0.25) is 5.02 Å². The van der Waals surface area contributed by atoms with Gasteiger partial charge in [-0.1, -0.05) is 23.7 Å². The van der Waals surface area contributed by atoms with E-state index in [0.717, 1.165) is 5.56 Å². The Morgan fingerprint density at radius 3 is 2.55 bits per heavy atom. The Bertz CT molecular complexity index is 751. The Kier molecular flexibility index (Phi) is 7.23. The van der Waals surface area contributed by atoms with Crippen molar-refractivity contribution in [3.8, 4) is 0 Å². The van der Waals surface area contributed by atoms with Crippen molar-refractivity contribution in [1.82, 2.24) is 0 Å². The lowest BCUT2D eigenvalue weighted by Gasteiger charge is -2.40. The summed E-state index contributed by atoms with van der Waals surface area (Å²) in [6.45, 7) is -0.381.